The molecule has 0 unspecified atom stereocenters. The summed E-state index contributed by atoms with van der Waals surface area (Å²) < 4.78 is 26.8. The van der Waals surface area contributed by atoms with Crippen molar-refractivity contribution in [1.82, 2.24) is 19.4 Å². The number of nitro benzene ring substituents is 1. The fourth-order valence-electron chi connectivity index (χ4n) is 3.25. The van der Waals surface area contributed by atoms with Crippen molar-refractivity contribution in [1.29, 1.82) is 0 Å². The molecule has 28 heavy (non-hydrogen) atoms. The van der Waals surface area contributed by atoms with E-state index in [0.717, 1.165) is 24.6 Å². The highest BCUT2D eigenvalue weighted by atomic mass is 32.2. The number of piperazine rings is 1. The van der Waals surface area contributed by atoms with Gasteiger partial charge >= 0.3 is 0 Å². The lowest BCUT2D eigenvalue weighted by molar-refractivity contribution is -0.385. The minimum Gasteiger partial charge on any atom is -0.335 e. The number of amides is 1. The minimum atomic E-state index is -3.86. The van der Waals surface area contributed by atoms with Crippen molar-refractivity contribution < 1.29 is 18.1 Å². The zero-order valence-electron chi connectivity index (χ0n) is 14.9. The highest BCUT2D eigenvalue weighted by Crippen LogP contribution is 2.39. The van der Waals surface area contributed by atoms with E-state index in [1.807, 2.05) is 0 Å². The molecule has 11 heteroatoms. The smallest absolute Gasteiger partial charge is 0.274 e. The summed E-state index contributed by atoms with van der Waals surface area (Å²) >= 11 is 0. The number of carbonyl (C=O) groups is 1. The maximum atomic E-state index is 12.8. The quantitative estimate of drug-likeness (QED) is 0.590. The SMILES string of the molecule is O=C(c1cc(C2CC2)[nH]n1)N1CCN(S(=O)(=O)c2cccc([N+](=O)[O-])c2)CC1. The third kappa shape index (κ3) is 3.50. The number of nitrogens with zero attached hydrogens (tertiary/aromatic N) is 4. The van der Waals surface area contributed by atoms with Gasteiger partial charge in [-0.25, -0.2) is 8.42 Å². The molecule has 1 aliphatic carbocycles. The Morgan fingerprint density at radius 2 is 1.89 bits per heavy atom. The molecule has 1 aliphatic heterocycles. The van der Waals surface area contributed by atoms with Gasteiger partial charge in [-0.1, -0.05) is 6.07 Å². The summed E-state index contributed by atoms with van der Waals surface area (Å²) in [5.74, 6) is 0.238. The molecule has 1 saturated carbocycles. The number of non-ortho nitro benzene ring substituents is 1. The highest BCUT2D eigenvalue weighted by Gasteiger charge is 2.32. The first-order valence-corrected chi connectivity index (χ1v) is 10.4. The normalized spacial score (nSPS) is 18.2. The van der Waals surface area contributed by atoms with Gasteiger partial charge in [0.25, 0.3) is 11.6 Å². The average molecular weight is 405 g/mol. The summed E-state index contributed by atoms with van der Waals surface area (Å²) in [6.07, 6.45) is 2.20. The zero-order chi connectivity index (χ0) is 19.9. The Morgan fingerprint density at radius 1 is 1.18 bits per heavy atom. The Labute approximate surface area is 161 Å². The topological polar surface area (TPSA) is 130 Å². The van der Waals surface area contributed by atoms with Gasteiger partial charge in [0, 0.05) is 49.9 Å². The Bertz CT molecular complexity index is 1020. The van der Waals surface area contributed by atoms with Gasteiger partial charge in [-0.05, 0) is 25.0 Å². The molecule has 1 saturated heterocycles. The van der Waals surface area contributed by atoms with E-state index in [4.69, 9.17) is 0 Å². The molecule has 4 rings (SSSR count). The number of carbonyl (C=O) groups excluding carboxylic acids is 1. The van der Waals surface area contributed by atoms with Crippen LogP contribution in [0.4, 0.5) is 5.69 Å². The summed E-state index contributed by atoms with van der Waals surface area (Å²) in [6, 6.07) is 6.75. The number of hydrogen-bond donors (Lipinski definition) is 1. The lowest BCUT2D eigenvalue weighted by Crippen LogP contribution is -2.50. The molecule has 1 N–H and O–H groups in total. The second-order valence-corrected chi connectivity index (χ2v) is 8.87. The molecule has 2 aromatic rings. The predicted octanol–water partition coefficient (Wildman–Crippen LogP) is 1.34. The van der Waals surface area contributed by atoms with Crippen LogP contribution in [0.5, 0.6) is 0 Å². The van der Waals surface area contributed by atoms with Crippen LogP contribution in [0.3, 0.4) is 0 Å². The number of rotatable bonds is 5. The summed E-state index contributed by atoms with van der Waals surface area (Å²) in [7, 11) is -3.86. The van der Waals surface area contributed by atoms with Crippen LogP contribution in [0.1, 0.15) is 34.9 Å². The third-order valence-electron chi connectivity index (χ3n) is 5.03. The number of hydrogen-bond acceptors (Lipinski definition) is 6. The van der Waals surface area contributed by atoms with Crippen molar-refractivity contribution >= 4 is 21.6 Å². The molecule has 2 aliphatic rings. The monoisotopic (exact) mass is 405 g/mol. The molecule has 0 bridgehead atoms. The number of benzene rings is 1. The van der Waals surface area contributed by atoms with Crippen molar-refractivity contribution in [2.75, 3.05) is 26.2 Å². The molecule has 1 aromatic heterocycles. The van der Waals surface area contributed by atoms with Crippen LogP contribution in [0.15, 0.2) is 35.2 Å². The molecule has 148 valence electrons. The number of H-pyrrole nitrogens is 1. The molecule has 2 heterocycles. The Kier molecular flexibility index (Phi) is 4.63. The van der Waals surface area contributed by atoms with Gasteiger partial charge in [0.15, 0.2) is 0 Å². The average Bonchev–Trinajstić information content (AvgIpc) is 3.44. The van der Waals surface area contributed by atoms with E-state index in [-0.39, 0.29) is 42.7 Å². The lowest BCUT2D eigenvalue weighted by atomic mass is 10.2. The van der Waals surface area contributed by atoms with Crippen molar-refractivity contribution in [3.05, 3.63) is 51.8 Å². The van der Waals surface area contributed by atoms with E-state index in [1.165, 1.54) is 22.5 Å². The van der Waals surface area contributed by atoms with Crippen LogP contribution in [-0.4, -0.2) is 64.8 Å². The molecule has 0 spiro atoms. The van der Waals surface area contributed by atoms with E-state index < -0.39 is 14.9 Å². The van der Waals surface area contributed by atoms with Crippen LogP contribution in [0, 0.1) is 10.1 Å². The third-order valence-corrected chi connectivity index (χ3v) is 6.92. The summed E-state index contributed by atoms with van der Waals surface area (Å²) in [6.45, 7) is 0.713. The second kappa shape index (κ2) is 6.99. The van der Waals surface area contributed by atoms with Crippen molar-refractivity contribution in [3.8, 4) is 0 Å². The second-order valence-electron chi connectivity index (χ2n) is 6.93. The van der Waals surface area contributed by atoms with Gasteiger partial charge in [-0.3, -0.25) is 20.0 Å². The van der Waals surface area contributed by atoms with Gasteiger partial charge in [0.2, 0.25) is 10.0 Å². The lowest BCUT2D eigenvalue weighted by Gasteiger charge is -2.33. The number of nitrogens with one attached hydrogen (secondary N) is 1. The van der Waals surface area contributed by atoms with Gasteiger partial charge in [0.1, 0.15) is 5.69 Å². The summed E-state index contributed by atoms with van der Waals surface area (Å²) in [4.78, 5) is 24.3. The number of nitro groups is 1. The molecular weight excluding hydrogens is 386 g/mol. The van der Waals surface area contributed by atoms with Crippen molar-refractivity contribution in [2.45, 2.75) is 23.7 Å². The van der Waals surface area contributed by atoms with E-state index >= 15 is 0 Å². The van der Waals surface area contributed by atoms with Crippen LogP contribution < -0.4 is 0 Å². The Balaban J connectivity index is 1.43. The summed E-state index contributed by atoms with van der Waals surface area (Å²) in [5, 5.41) is 17.9. The number of sulfonamides is 1. The molecular formula is C17H19N5O5S. The fraction of sp³-hybridized carbons (Fsp3) is 0.412. The maximum absolute atomic E-state index is 12.8. The molecule has 2 fully saturated rings. The summed E-state index contributed by atoms with van der Waals surface area (Å²) in [5.41, 5.74) is 1.03. The minimum absolute atomic E-state index is 0.122. The van der Waals surface area contributed by atoms with Crippen LogP contribution in [0.2, 0.25) is 0 Å². The number of aromatic amines is 1. The van der Waals surface area contributed by atoms with Gasteiger partial charge in [-0.15, -0.1) is 0 Å². The van der Waals surface area contributed by atoms with Gasteiger partial charge in [0.05, 0.1) is 9.82 Å². The molecule has 0 atom stereocenters. The molecule has 10 nitrogen and oxygen atoms in total. The Hall–Kier alpha value is -2.79. The van der Waals surface area contributed by atoms with E-state index in [0.29, 0.717) is 11.6 Å². The van der Waals surface area contributed by atoms with E-state index in [2.05, 4.69) is 10.2 Å². The van der Waals surface area contributed by atoms with Crippen LogP contribution in [-0.2, 0) is 10.0 Å². The first kappa shape index (κ1) is 18.6. The molecule has 1 aromatic carbocycles. The Morgan fingerprint density at radius 3 is 2.54 bits per heavy atom. The zero-order valence-corrected chi connectivity index (χ0v) is 15.8. The van der Waals surface area contributed by atoms with E-state index in [1.54, 1.807) is 11.0 Å². The highest BCUT2D eigenvalue weighted by molar-refractivity contribution is 7.89. The van der Waals surface area contributed by atoms with Crippen LogP contribution in [0.25, 0.3) is 0 Å². The first-order valence-electron chi connectivity index (χ1n) is 8.95. The fourth-order valence-corrected chi connectivity index (χ4v) is 4.71. The van der Waals surface area contributed by atoms with Gasteiger partial charge in [-0.2, -0.15) is 9.40 Å². The van der Waals surface area contributed by atoms with Gasteiger partial charge < -0.3 is 4.90 Å². The largest absolute Gasteiger partial charge is 0.335 e. The molecule has 1 amide bonds. The molecule has 0 radical (unpaired) electrons. The van der Waals surface area contributed by atoms with Crippen molar-refractivity contribution in [2.24, 2.45) is 0 Å². The maximum Gasteiger partial charge on any atom is 0.274 e. The number of aromatic nitrogens is 2. The standard InChI is InChI=1S/C17H19N5O5S/c23-17(16-11-15(18-19-16)12-4-5-12)20-6-8-21(9-7-20)28(26,27)14-3-1-2-13(10-14)22(24)25/h1-3,10-12H,4-9H2,(H,18,19). The van der Waals surface area contributed by atoms with E-state index in [9.17, 15) is 23.3 Å². The predicted molar refractivity (Wildman–Crippen MR) is 98.3 cm³/mol. The van der Waals surface area contributed by atoms with Crippen LogP contribution >= 0.6 is 0 Å². The first-order chi connectivity index (χ1) is 13.4. The van der Waals surface area contributed by atoms with Crippen molar-refractivity contribution in [3.63, 3.8) is 0 Å².